The van der Waals surface area contributed by atoms with E-state index in [1.165, 1.54) is 16.9 Å². The molecule has 1 aliphatic heterocycles. The van der Waals surface area contributed by atoms with Gasteiger partial charge in [0.15, 0.2) is 6.67 Å². The molecule has 0 bridgehead atoms. The van der Waals surface area contributed by atoms with Crippen molar-refractivity contribution in [2.75, 3.05) is 0 Å². The van der Waals surface area contributed by atoms with Crippen LogP contribution in [-0.4, -0.2) is 15.1 Å². The molecular weight excluding hydrogens is 184 g/mol. The lowest BCUT2D eigenvalue weighted by Gasteiger charge is -2.07. The molecule has 4 nitrogen and oxygen atoms in total. The second kappa shape index (κ2) is 1.83. The molecule has 1 saturated carbocycles. The van der Waals surface area contributed by atoms with Crippen LogP contribution in [0.3, 0.4) is 0 Å². The van der Waals surface area contributed by atoms with Gasteiger partial charge in [0.25, 0.3) is 0 Å². The van der Waals surface area contributed by atoms with E-state index in [4.69, 9.17) is 0 Å². The molecule has 0 atom stereocenters. The Morgan fingerprint density at radius 1 is 1.44 bits per heavy atom. The smallest absolute Gasteiger partial charge is 0.192 e. The summed E-state index contributed by atoms with van der Waals surface area (Å²) < 4.78 is 1.53. The highest BCUT2D eigenvalue weighted by Crippen LogP contribution is 2.32. The van der Waals surface area contributed by atoms with Crippen molar-refractivity contribution in [2.24, 2.45) is 10.4 Å². The summed E-state index contributed by atoms with van der Waals surface area (Å²) in [4.78, 5) is 0. The van der Waals surface area contributed by atoms with Crippen molar-refractivity contribution in [3.63, 3.8) is 0 Å². The van der Waals surface area contributed by atoms with Crippen LogP contribution in [0.2, 0.25) is 0 Å². The van der Waals surface area contributed by atoms with Crippen molar-refractivity contribution < 1.29 is 0 Å². The fourth-order valence-corrected chi connectivity index (χ4v) is 0.986. The summed E-state index contributed by atoms with van der Waals surface area (Å²) in [5.74, 6) is 0. The first-order chi connectivity index (χ1) is 4.36. The van der Waals surface area contributed by atoms with E-state index in [0.717, 1.165) is 0 Å². The average molecular weight is 190 g/mol. The van der Waals surface area contributed by atoms with E-state index in [9.17, 15) is 0 Å². The largest absolute Gasteiger partial charge is 0.245 e. The van der Waals surface area contributed by atoms with E-state index in [-0.39, 0.29) is 0 Å². The van der Waals surface area contributed by atoms with Crippen LogP contribution in [0, 0.1) is 6.67 Å². The van der Waals surface area contributed by atoms with E-state index in [2.05, 4.69) is 26.6 Å². The maximum Gasteiger partial charge on any atom is 0.192 e. The van der Waals surface area contributed by atoms with Gasteiger partial charge in [0.2, 0.25) is 0 Å². The van der Waals surface area contributed by atoms with Crippen molar-refractivity contribution in [2.45, 2.75) is 18.9 Å². The van der Waals surface area contributed by atoms with Crippen LogP contribution in [0.1, 0.15) is 12.8 Å². The van der Waals surface area contributed by atoms with Gasteiger partial charge in [-0.15, -0.1) is 0 Å². The number of hydrogen-bond donors (Lipinski definition) is 0. The van der Waals surface area contributed by atoms with E-state index >= 15 is 0 Å². The lowest BCUT2D eigenvalue weighted by molar-refractivity contribution is 0.337. The third-order valence-corrected chi connectivity index (χ3v) is 1.69. The molecule has 0 spiro atoms. The number of rotatable bonds is 1. The lowest BCUT2D eigenvalue weighted by Crippen LogP contribution is -2.15. The Kier molecular flexibility index (Phi) is 1.11. The van der Waals surface area contributed by atoms with Crippen molar-refractivity contribution in [1.29, 1.82) is 0 Å². The fourth-order valence-electron chi connectivity index (χ4n) is 0.735. The van der Waals surface area contributed by atoms with Gasteiger partial charge in [-0.05, 0) is 23.3 Å². The van der Waals surface area contributed by atoms with Gasteiger partial charge in [0.1, 0.15) is 0 Å². The van der Waals surface area contributed by atoms with Gasteiger partial charge in [0, 0.05) is 0 Å². The zero-order valence-corrected chi connectivity index (χ0v) is 6.32. The van der Waals surface area contributed by atoms with Crippen molar-refractivity contribution in [3.05, 3.63) is 6.67 Å². The summed E-state index contributed by atoms with van der Waals surface area (Å²) in [7, 11) is 0. The summed E-state index contributed by atoms with van der Waals surface area (Å²) in [6.45, 7) is 1.83. The summed E-state index contributed by atoms with van der Waals surface area (Å²) in [6.07, 6.45) is 2.49. The maximum absolute atomic E-state index is 3.86. The first-order valence-electron chi connectivity index (χ1n) is 2.86. The van der Waals surface area contributed by atoms with Gasteiger partial charge >= 0.3 is 0 Å². The molecule has 0 aromatic carbocycles. The topological polar surface area (TPSA) is 31.2 Å². The molecule has 0 N–H and O–H groups in total. The molecule has 0 aromatic heterocycles. The van der Waals surface area contributed by atoms with Crippen LogP contribution in [0.5, 0.6) is 0 Å². The summed E-state index contributed by atoms with van der Waals surface area (Å²) in [5, 5.41) is 9.45. The van der Waals surface area contributed by atoms with Crippen LogP contribution in [0.25, 0.3) is 0 Å². The quantitative estimate of drug-likeness (QED) is 0.586. The molecule has 2 aliphatic rings. The number of nitrogens with zero attached hydrogens (tertiary/aromatic N) is 4. The Bertz CT molecular complexity index is 144. The molecule has 0 unspecified atom stereocenters. The predicted octanol–water partition coefficient (Wildman–Crippen LogP) is 1.48. The van der Waals surface area contributed by atoms with E-state index < -0.39 is 0 Å². The van der Waals surface area contributed by atoms with Crippen LogP contribution >= 0.6 is 16.1 Å². The molecule has 0 amide bonds. The molecular formula is C4H6BrN4. The second-order valence-corrected chi connectivity index (χ2v) is 2.92. The SMILES string of the molecule is BrN1[CH]N(C2CC2)N=N1. The number of halogens is 1. The predicted molar refractivity (Wildman–Crippen MR) is 34.8 cm³/mol. The van der Waals surface area contributed by atoms with Crippen molar-refractivity contribution in [1.82, 2.24) is 9.04 Å². The Labute approximate surface area is 61.8 Å². The molecule has 1 fully saturated rings. The van der Waals surface area contributed by atoms with Gasteiger partial charge in [-0.1, -0.05) is 0 Å². The molecule has 9 heavy (non-hydrogen) atoms. The van der Waals surface area contributed by atoms with E-state index in [0.29, 0.717) is 6.04 Å². The summed E-state index contributed by atoms with van der Waals surface area (Å²) in [5.41, 5.74) is 0. The molecule has 1 aliphatic carbocycles. The van der Waals surface area contributed by atoms with Crippen molar-refractivity contribution in [3.8, 4) is 0 Å². The molecule has 5 heteroatoms. The Balaban J connectivity index is 1.94. The second-order valence-electron chi connectivity index (χ2n) is 2.19. The van der Waals surface area contributed by atoms with E-state index in [1.807, 2.05) is 11.7 Å². The minimum absolute atomic E-state index is 0.622. The first kappa shape index (κ1) is 5.46. The first-order valence-corrected chi connectivity index (χ1v) is 3.57. The zero-order valence-electron chi connectivity index (χ0n) is 4.74. The van der Waals surface area contributed by atoms with Gasteiger partial charge in [-0.3, -0.25) is 0 Å². The summed E-state index contributed by atoms with van der Waals surface area (Å²) in [6, 6.07) is 0.622. The molecule has 1 radical (unpaired) electrons. The zero-order chi connectivity index (χ0) is 6.27. The van der Waals surface area contributed by atoms with Crippen LogP contribution in [0.15, 0.2) is 10.4 Å². The highest BCUT2D eigenvalue weighted by molar-refractivity contribution is 9.07. The fraction of sp³-hybridized carbons (Fsp3) is 0.750. The van der Waals surface area contributed by atoms with Crippen LogP contribution < -0.4 is 0 Å². The molecule has 0 saturated heterocycles. The molecule has 2 rings (SSSR count). The number of hydrogen-bond acceptors (Lipinski definition) is 4. The molecule has 1 heterocycles. The van der Waals surface area contributed by atoms with Gasteiger partial charge < -0.3 is 0 Å². The van der Waals surface area contributed by atoms with Gasteiger partial charge in [-0.25, -0.2) is 5.01 Å². The monoisotopic (exact) mass is 189 g/mol. The normalized spacial score (nSPS) is 25.9. The Hall–Kier alpha value is -0.320. The third-order valence-electron chi connectivity index (χ3n) is 1.36. The third kappa shape index (κ3) is 1.01. The van der Waals surface area contributed by atoms with E-state index in [1.54, 1.807) is 0 Å². The van der Waals surface area contributed by atoms with Gasteiger partial charge in [-0.2, -0.15) is 4.03 Å². The standard InChI is InChI=1S/C4H6BrN4/c5-9-3-8(6-7-9)4-1-2-4/h3-4H,1-2H2. The van der Waals surface area contributed by atoms with Crippen LogP contribution in [0.4, 0.5) is 0 Å². The van der Waals surface area contributed by atoms with Crippen LogP contribution in [-0.2, 0) is 0 Å². The maximum atomic E-state index is 3.86. The molecule has 49 valence electrons. The highest BCUT2D eigenvalue weighted by atomic mass is 79.9. The molecule has 0 aromatic rings. The Morgan fingerprint density at radius 2 is 2.22 bits per heavy atom. The lowest BCUT2D eigenvalue weighted by atomic mass is 10.7. The van der Waals surface area contributed by atoms with Gasteiger partial charge in [0.05, 0.1) is 22.2 Å². The minimum atomic E-state index is 0.622. The minimum Gasteiger partial charge on any atom is -0.245 e. The summed E-state index contributed by atoms with van der Waals surface area (Å²) >= 11 is 3.15. The van der Waals surface area contributed by atoms with Crippen molar-refractivity contribution >= 4 is 16.1 Å². The highest BCUT2D eigenvalue weighted by Gasteiger charge is 2.32. The average Bonchev–Trinajstić information content (AvgIpc) is 2.58. The Morgan fingerprint density at radius 3 is 2.67 bits per heavy atom.